The van der Waals surface area contributed by atoms with Gasteiger partial charge in [0, 0.05) is 23.5 Å². The fraction of sp³-hybridized carbons (Fsp3) is 0.750. The molecule has 1 aromatic rings. The lowest BCUT2D eigenvalue weighted by atomic mass is 9.96. The third-order valence-corrected chi connectivity index (χ3v) is 3.78. The van der Waals surface area contributed by atoms with Crippen molar-refractivity contribution in [3.05, 3.63) is 16.1 Å². The van der Waals surface area contributed by atoms with Gasteiger partial charge in [0.05, 0.1) is 5.01 Å². The Balaban J connectivity index is 2.42. The Bertz CT molecular complexity index is 298. The van der Waals surface area contributed by atoms with Crippen molar-refractivity contribution in [1.82, 2.24) is 10.4 Å². The zero-order valence-corrected chi connectivity index (χ0v) is 11.3. The number of rotatable bonds is 7. The van der Waals surface area contributed by atoms with Crippen LogP contribution in [0.3, 0.4) is 0 Å². The number of aromatic nitrogens is 1. The number of nitrogens with one attached hydrogen (secondary N) is 1. The number of nitrogens with zero attached hydrogens (tertiary/aromatic N) is 1. The zero-order valence-electron chi connectivity index (χ0n) is 10.5. The fourth-order valence-electron chi connectivity index (χ4n) is 2.01. The van der Waals surface area contributed by atoms with E-state index < -0.39 is 0 Å². The lowest BCUT2D eigenvalue weighted by Crippen LogP contribution is -2.38. The molecule has 1 aromatic heterocycles. The number of nitrogens with two attached hydrogens (primary N) is 1. The van der Waals surface area contributed by atoms with E-state index in [2.05, 4.69) is 29.6 Å². The lowest BCUT2D eigenvalue weighted by molar-refractivity contribution is 0.384. The fourth-order valence-corrected chi connectivity index (χ4v) is 2.87. The van der Waals surface area contributed by atoms with Crippen LogP contribution in [0.5, 0.6) is 0 Å². The smallest absolute Gasteiger partial charge is 0.0944 e. The molecule has 0 aliphatic rings. The third-order valence-electron chi connectivity index (χ3n) is 2.79. The van der Waals surface area contributed by atoms with Crippen molar-refractivity contribution >= 4 is 11.3 Å². The molecule has 16 heavy (non-hydrogen) atoms. The molecule has 0 bridgehead atoms. The molecule has 0 aliphatic carbocycles. The molecule has 0 fully saturated rings. The number of thiazole rings is 1. The van der Waals surface area contributed by atoms with E-state index in [1.807, 2.05) is 6.92 Å². The highest BCUT2D eigenvalue weighted by Crippen LogP contribution is 2.17. The van der Waals surface area contributed by atoms with E-state index >= 15 is 0 Å². The van der Waals surface area contributed by atoms with Gasteiger partial charge in [0.2, 0.25) is 0 Å². The maximum atomic E-state index is 5.60. The first kappa shape index (κ1) is 13.6. The van der Waals surface area contributed by atoms with Crippen molar-refractivity contribution in [1.29, 1.82) is 0 Å². The Kier molecular flexibility index (Phi) is 5.95. The summed E-state index contributed by atoms with van der Waals surface area (Å²) in [6.07, 6.45) is 4.59. The average molecular weight is 241 g/mol. The van der Waals surface area contributed by atoms with Gasteiger partial charge < -0.3 is 0 Å². The molecule has 1 rings (SSSR count). The van der Waals surface area contributed by atoms with Gasteiger partial charge in [-0.2, -0.15) is 0 Å². The first-order valence-electron chi connectivity index (χ1n) is 6.02. The second-order valence-corrected chi connectivity index (χ2v) is 5.52. The molecule has 0 radical (unpaired) electrons. The standard InChI is InChI=1S/C12H23N3S/c1-4-5-9(2)6-11(15-13)7-12-14-10(3)8-16-12/h8-9,11,15H,4-7,13H2,1-3H3. The molecule has 0 saturated carbocycles. The summed E-state index contributed by atoms with van der Waals surface area (Å²) in [6, 6.07) is 0.354. The summed E-state index contributed by atoms with van der Waals surface area (Å²) < 4.78 is 0. The summed E-state index contributed by atoms with van der Waals surface area (Å²) in [7, 11) is 0. The summed E-state index contributed by atoms with van der Waals surface area (Å²) in [5.41, 5.74) is 4.02. The largest absolute Gasteiger partial charge is 0.271 e. The Morgan fingerprint density at radius 2 is 2.31 bits per heavy atom. The normalized spacial score (nSPS) is 15.0. The van der Waals surface area contributed by atoms with Crippen LogP contribution in [0.25, 0.3) is 0 Å². The van der Waals surface area contributed by atoms with Gasteiger partial charge in [0.1, 0.15) is 0 Å². The molecule has 0 amide bonds. The van der Waals surface area contributed by atoms with Crippen LogP contribution in [0.1, 0.15) is 43.8 Å². The minimum atomic E-state index is 0.354. The maximum Gasteiger partial charge on any atom is 0.0944 e. The van der Waals surface area contributed by atoms with Gasteiger partial charge in [-0.15, -0.1) is 11.3 Å². The van der Waals surface area contributed by atoms with Gasteiger partial charge in [0.25, 0.3) is 0 Å². The van der Waals surface area contributed by atoms with Crippen LogP contribution in [0.4, 0.5) is 0 Å². The minimum absolute atomic E-state index is 0.354. The summed E-state index contributed by atoms with van der Waals surface area (Å²) in [5.74, 6) is 6.33. The first-order valence-corrected chi connectivity index (χ1v) is 6.90. The third kappa shape index (κ3) is 4.60. The topological polar surface area (TPSA) is 50.9 Å². The number of aryl methyl sites for hydroxylation is 1. The molecule has 3 N–H and O–H groups in total. The SMILES string of the molecule is CCCC(C)CC(Cc1nc(C)cs1)NN. The lowest BCUT2D eigenvalue weighted by Gasteiger charge is -2.18. The van der Waals surface area contributed by atoms with E-state index in [1.165, 1.54) is 17.8 Å². The minimum Gasteiger partial charge on any atom is -0.271 e. The van der Waals surface area contributed by atoms with Gasteiger partial charge in [-0.3, -0.25) is 11.3 Å². The van der Waals surface area contributed by atoms with E-state index in [1.54, 1.807) is 11.3 Å². The summed E-state index contributed by atoms with van der Waals surface area (Å²) in [5, 5.41) is 3.28. The van der Waals surface area contributed by atoms with Crippen molar-refractivity contribution in [2.45, 2.75) is 52.5 Å². The van der Waals surface area contributed by atoms with Gasteiger partial charge in [-0.1, -0.05) is 26.7 Å². The summed E-state index contributed by atoms with van der Waals surface area (Å²) in [6.45, 7) is 6.55. The van der Waals surface area contributed by atoms with E-state index in [4.69, 9.17) is 5.84 Å². The molecule has 2 atom stereocenters. The molecule has 92 valence electrons. The number of hydrogen-bond acceptors (Lipinski definition) is 4. The van der Waals surface area contributed by atoms with E-state index in [-0.39, 0.29) is 0 Å². The predicted molar refractivity (Wildman–Crippen MR) is 70.4 cm³/mol. The number of hydrogen-bond donors (Lipinski definition) is 2. The van der Waals surface area contributed by atoms with Crippen LogP contribution in [0.15, 0.2) is 5.38 Å². The van der Waals surface area contributed by atoms with Gasteiger partial charge >= 0.3 is 0 Å². The number of hydrazine groups is 1. The molecule has 0 aliphatic heterocycles. The van der Waals surface area contributed by atoms with Crippen LogP contribution in [0.2, 0.25) is 0 Å². The molecule has 0 aromatic carbocycles. The second kappa shape index (κ2) is 6.99. The molecular weight excluding hydrogens is 218 g/mol. The molecule has 4 heteroatoms. The van der Waals surface area contributed by atoms with Crippen LogP contribution in [0, 0.1) is 12.8 Å². The van der Waals surface area contributed by atoms with Crippen LogP contribution < -0.4 is 11.3 Å². The van der Waals surface area contributed by atoms with Crippen molar-refractivity contribution < 1.29 is 0 Å². The Morgan fingerprint density at radius 1 is 1.56 bits per heavy atom. The second-order valence-electron chi connectivity index (χ2n) is 4.58. The summed E-state index contributed by atoms with van der Waals surface area (Å²) in [4.78, 5) is 4.47. The summed E-state index contributed by atoms with van der Waals surface area (Å²) >= 11 is 1.73. The van der Waals surface area contributed by atoms with Crippen molar-refractivity contribution in [2.75, 3.05) is 0 Å². The van der Waals surface area contributed by atoms with Gasteiger partial charge in [-0.25, -0.2) is 4.98 Å². The van der Waals surface area contributed by atoms with Crippen molar-refractivity contribution in [3.63, 3.8) is 0 Å². The molecule has 0 saturated heterocycles. The zero-order chi connectivity index (χ0) is 12.0. The van der Waals surface area contributed by atoms with E-state index in [0.717, 1.165) is 24.5 Å². The Hall–Kier alpha value is -0.450. The highest BCUT2D eigenvalue weighted by Gasteiger charge is 2.13. The molecular formula is C12H23N3S. The van der Waals surface area contributed by atoms with Crippen LogP contribution in [-0.4, -0.2) is 11.0 Å². The van der Waals surface area contributed by atoms with E-state index in [9.17, 15) is 0 Å². The van der Waals surface area contributed by atoms with Crippen LogP contribution in [-0.2, 0) is 6.42 Å². The monoisotopic (exact) mass is 241 g/mol. The van der Waals surface area contributed by atoms with Crippen LogP contribution >= 0.6 is 11.3 Å². The predicted octanol–water partition coefficient (Wildman–Crippen LogP) is 2.65. The quantitative estimate of drug-likeness (QED) is 0.570. The molecule has 2 unspecified atom stereocenters. The Labute approximate surface area is 102 Å². The first-order chi connectivity index (χ1) is 7.65. The Morgan fingerprint density at radius 3 is 2.81 bits per heavy atom. The van der Waals surface area contributed by atoms with Crippen molar-refractivity contribution in [3.8, 4) is 0 Å². The molecule has 0 spiro atoms. The van der Waals surface area contributed by atoms with Gasteiger partial charge in [0.15, 0.2) is 0 Å². The van der Waals surface area contributed by atoms with E-state index in [0.29, 0.717) is 6.04 Å². The van der Waals surface area contributed by atoms with Crippen molar-refractivity contribution in [2.24, 2.45) is 11.8 Å². The molecule has 3 nitrogen and oxygen atoms in total. The average Bonchev–Trinajstić information content (AvgIpc) is 2.63. The maximum absolute atomic E-state index is 5.60. The highest BCUT2D eigenvalue weighted by molar-refractivity contribution is 7.09. The van der Waals surface area contributed by atoms with Gasteiger partial charge in [-0.05, 0) is 19.3 Å². The highest BCUT2D eigenvalue weighted by atomic mass is 32.1. The molecule has 1 heterocycles.